The number of aliphatic hydroxyl groups excluding tert-OH is 8. The van der Waals surface area contributed by atoms with Crippen molar-refractivity contribution >= 4 is 0 Å². The minimum Gasteiger partial charge on any atom is -0.394 e. The smallest absolute Gasteiger partial charge is 0.187 e. The van der Waals surface area contributed by atoms with Gasteiger partial charge in [0.25, 0.3) is 0 Å². The normalized spacial score (nSPS) is 53.2. The van der Waals surface area contributed by atoms with E-state index in [1.807, 2.05) is 19.9 Å². The molecule has 6 fully saturated rings. The highest BCUT2D eigenvalue weighted by molar-refractivity contribution is 5.23. The number of hydrogen-bond acceptors (Lipinski definition) is 14. The molecule has 2 aliphatic heterocycles. The van der Waals surface area contributed by atoms with Crippen molar-refractivity contribution in [3.05, 3.63) is 12.2 Å². The van der Waals surface area contributed by atoms with Crippen LogP contribution in [0.1, 0.15) is 107 Å². The summed E-state index contributed by atoms with van der Waals surface area (Å²) in [5.74, 6) is -0.856. The number of ether oxygens (including phenoxy) is 4. The summed E-state index contributed by atoms with van der Waals surface area (Å²) in [6, 6.07) is 0. The molecule has 10 N–H and O–H groups in total. The van der Waals surface area contributed by atoms with Crippen molar-refractivity contribution in [2.24, 2.45) is 45.3 Å². The van der Waals surface area contributed by atoms with E-state index in [1.165, 1.54) is 6.92 Å². The summed E-state index contributed by atoms with van der Waals surface area (Å²) in [6.07, 6.45) is -9.18. The average molecular weight is 801 g/mol. The average Bonchev–Trinajstić information content (AvgIpc) is 3.48. The molecule has 324 valence electrons. The highest BCUT2D eigenvalue weighted by Gasteiger charge is 2.73. The van der Waals surface area contributed by atoms with E-state index in [2.05, 4.69) is 20.8 Å². The molecule has 0 amide bonds. The Morgan fingerprint density at radius 2 is 1.43 bits per heavy atom. The first-order valence-corrected chi connectivity index (χ1v) is 20.9. The van der Waals surface area contributed by atoms with Gasteiger partial charge >= 0.3 is 0 Å². The maximum Gasteiger partial charge on any atom is 0.187 e. The van der Waals surface area contributed by atoms with Gasteiger partial charge in [-0.1, -0.05) is 46.8 Å². The molecule has 6 aliphatic rings. The molecule has 6 rings (SSSR count). The Morgan fingerprint density at radius 3 is 2.05 bits per heavy atom. The van der Waals surface area contributed by atoms with Gasteiger partial charge in [0.15, 0.2) is 12.6 Å². The molecule has 56 heavy (non-hydrogen) atoms. The lowest BCUT2D eigenvalue weighted by Gasteiger charge is -2.72. The number of fused-ring (bicyclic) bond motifs is 5. The van der Waals surface area contributed by atoms with Crippen LogP contribution in [0.25, 0.3) is 0 Å². The van der Waals surface area contributed by atoms with Crippen LogP contribution in [0, 0.1) is 45.3 Å². The third-order valence-electron chi connectivity index (χ3n) is 16.3. The van der Waals surface area contributed by atoms with Crippen molar-refractivity contribution in [1.82, 2.24) is 0 Å². The van der Waals surface area contributed by atoms with Crippen molar-refractivity contribution in [1.29, 1.82) is 0 Å². The fourth-order valence-electron chi connectivity index (χ4n) is 13.1. The van der Waals surface area contributed by atoms with Crippen molar-refractivity contribution < 1.29 is 70.0 Å². The molecule has 0 aromatic heterocycles. The van der Waals surface area contributed by atoms with Gasteiger partial charge in [0.1, 0.15) is 42.7 Å². The second-order valence-corrected chi connectivity index (χ2v) is 20.7. The molecule has 21 atom stereocenters. The molecular weight excluding hydrogens is 728 g/mol. The fourth-order valence-corrected chi connectivity index (χ4v) is 13.1. The van der Waals surface area contributed by atoms with Gasteiger partial charge in [0.05, 0.1) is 42.2 Å². The predicted octanol–water partition coefficient (Wildman–Crippen LogP) is 1.12. The Bertz CT molecular complexity index is 1420. The number of aliphatic hydroxyl groups is 10. The molecule has 0 aromatic carbocycles. The van der Waals surface area contributed by atoms with Crippen molar-refractivity contribution in [2.75, 3.05) is 6.61 Å². The molecule has 2 saturated heterocycles. The largest absolute Gasteiger partial charge is 0.394 e. The lowest BCUT2D eigenvalue weighted by atomic mass is 9.34. The number of rotatable bonds is 9. The van der Waals surface area contributed by atoms with Crippen LogP contribution in [-0.4, -0.2) is 149 Å². The van der Waals surface area contributed by atoms with Crippen LogP contribution >= 0.6 is 0 Å². The van der Waals surface area contributed by atoms with E-state index in [-0.39, 0.29) is 23.7 Å². The number of hydrogen-bond donors (Lipinski definition) is 10. The van der Waals surface area contributed by atoms with Crippen LogP contribution in [-0.2, 0) is 18.9 Å². The minimum atomic E-state index is -1.71. The lowest BCUT2D eigenvalue weighted by molar-refractivity contribution is -0.382. The molecule has 0 spiro atoms. The van der Waals surface area contributed by atoms with Crippen molar-refractivity contribution in [2.45, 2.75) is 198 Å². The van der Waals surface area contributed by atoms with Crippen LogP contribution in [0.3, 0.4) is 0 Å². The van der Waals surface area contributed by atoms with Crippen LogP contribution < -0.4 is 0 Å². The van der Waals surface area contributed by atoms with Gasteiger partial charge in [-0.3, -0.25) is 0 Å². The molecule has 4 aliphatic carbocycles. The first kappa shape index (κ1) is 44.7. The second-order valence-electron chi connectivity index (χ2n) is 20.7. The molecule has 2 heterocycles. The molecule has 14 heteroatoms. The third-order valence-corrected chi connectivity index (χ3v) is 16.3. The third kappa shape index (κ3) is 7.26. The highest BCUT2D eigenvalue weighted by Crippen LogP contribution is 2.76. The predicted molar refractivity (Wildman–Crippen MR) is 202 cm³/mol. The summed E-state index contributed by atoms with van der Waals surface area (Å²) >= 11 is 0. The quantitative estimate of drug-likeness (QED) is 0.116. The molecule has 14 nitrogen and oxygen atoms in total. The van der Waals surface area contributed by atoms with Gasteiger partial charge in [0, 0.05) is 0 Å². The lowest BCUT2D eigenvalue weighted by Crippen LogP contribution is -2.71. The first-order chi connectivity index (χ1) is 25.7. The van der Waals surface area contributed by atoms with Crippen LogP contribution in [0.15, 0.2) is 12.2 Å². The Balaban J connectivity index is 1.39. The van der Waals surface area contributed by atoms with E-state index in [0.29, 0.717) is 38.5 Å². The molecule has 0 unspecified atom stereocenters. The molecule has 4 saturated carbocycles. The molecule has 0 radical (unpaired) electrons. The Labute approximate surface area is 331 Å². The molecule has 0 bridgehead atoms. The Morgan fingerprint density at radius 1 is 0.768 bits per heavy atom. The second kappa shape index (κ2) is 15.3. The van der Waals surface area contributed by atoms with Gasteiger partial charge in [0.2, 0.25) is 0 Å². The van der Waals surface area contributed by atoms with Crippen LogP contribution in [0.5, 0.6) is 0 Å². The zero-order valence-electron chi connectivity index (χ0n) is 34.7. The Kier molecular flexibility index (Phi) is 12.2. The summed E-state index contributed by atoms with van der Waals surface area (Å²) in [5.41, 5.74) is -4.31. The van der Waals surface area contributed by atoms with Crippen molar-refractivity contribution in [3.8, 4) is 0 Å². The summed E-state index contributed by atoms with van der Waals surface area (Å²) in [6.45, 7) is 16.8. The Hall–Kier alpha value is -0.820. The van der Waals surface area contributed by atoms with E-state index < -0.39 is 119 Å². The molecular formula is C42H72O14. The summed E-state index contributed by atoms with van der Waals surface area (Å²) in [7, 11) is 0. The maximum absolute atomic E-state index is 12.2. The van der Waals surface area contributed by atoms with E-state index in [1.54, 1.807) is 26.8 Å². The van der Waals surface area contributed by atoms with E-state index in [0.717, 1.165) is 6.42 Å². The zero-order valence-corrected chi connectivity index (χ0v) is 34.7. The highest BCUT2D eigenvalue weighted by atomic mass is 16.8. The maximum atomic E-state index is 12.2. The van der Waals surface area contributed by atoms with E-state index in [4.69, 9.17) is 18.9 Å². The van der Waals surface area contributed by atoms with Gasteiger partial charge in [-0.2, -0.15) is 0 Å². The molecule has 0 aromatic rings. The summed E-state index contributed by atoms with van der Waals surface area (Å²) < 4.78 is 25.1. The van der Waals surface area contributed by atoms with Gasteiger partial charge in [-0.15, -0.1) is 0 Å². The standard InChI is InChI=1S/C42H72O14/c1-20-28(46)30(48)32(50)35(53-20)56-33-31(49)29(47)24(19-43)55-36(33)54-23-18-41(8)25(39(6)15-12-26(45)38(4,5)34(23)39)17-22(44)27-21(11-16-40(27,41)7)42(9,52)14-10-13-37(2,3)51/h10,14,20-36,43-52H,11-13,15-19H2,1-9H3/b14-10+/t20-,21-,22+,23-,24+,25+,26-,27-,28-,29+,30+,31-,32+,33+,34-,35-,36+,39+,40+,41+,42-/m0/s1. The van der Waals surface area contributed by atoms with Crippen LogP contribution in [0.4, 0.5) is 0 Å². The van der Waals surface area contributed by atoms with Gasteiger partial charge in [-0.05, 0) is 118 Å². The van der Waals surface area contributed by atoms with E-state index in [9.17, 15) is 51.1 Å². The van der Waals surface area contributed by atoms with Gasteiger partial charge < -0.3 is 70.0 Å². The SMILES string of the molecule is C[C@@H]1O[C@@H](O[C@H]2[C@H](O[C@H]3C[C@]4(C)[C@H](C[C@@H](O)[C@@H]5[C@@H]([C@@](C)(O)/C=C/CC(C)(C)O)CC[C@]54C)[C@@]4(C)CC[C@H](O)C(C)(C)[C@H]34)O[C@H](CO)[C@@H](O)[C@@H]2O)[C@H](O)[C@H](O)[C@H]1O. The zero-order chi connectivity index (χ0) is 41.7. The van der Waals surface area contributed by atoms with Crippen molar-refractivity contribution in [3.63, 3.8) is 0 Å². The summed E-state index contributed by atoms with van der Waals surface area (Å²) in [5, 5.41) is 111. The van der Waals surface area contributed by atoms with Crippen LogP contribution in [0.2, 0.25) is 0 Å². The monoisotopic (exact) mass is 800 g/mol. The van der Waals surface area contributed by atoms with Gasteiger partial charge in [-0.25, -0.2) is 0 Å². The fraction of sp³-hybridized carbons (Fsp3) is 0.952. The minimum absolute atomic E-state index is 0.00517. The van der Waals surface area contributed by atoms with E-state index >= 15 is 0 Å². The topological polar surface area (TPSA) is 239 Å². The summed E-state index contributed by atoms with van der Waals surface area (Å²) in [4.78, 5) is 0. The first-order valence-electron chi connectivity index (χ1n) is 20.9.